The third-order valence-corrected chi connectivity index (χ3v) is 6.81. The van der Waals surface area contributed by atoms with E-state index in [0.29, 0.717) is 44.2 Å². The van der Waals surface area contributed by atoms with Crippen LogP contribution in [0, 0.1) is 19.8 Å². The first-order valence-electron chi connectivity index (χ1n) is 11.3. The van der Waals surface area contributed by atoms with Gasteiger partial charge in [0.25, 0.3) is 0 Å². The number of rotatable bonds is 5. The Morgan fingerprint density at radius 2 is 1.61 bits per heavy atom. The van der Waals surface area contributed by atoms with Crippen molar-refractivity contribution in [2.75, 3.05) is 49.1 Å². The van der Waals surface area contributed by atoms with Crippen LogP contribution in [0.4, 0.5) is 11.4 Å². The zero-order valence-electron chi connectivity index (χ0n) is 19.0. The number of benzene rings is 2. The Kier molecular flexibility index (Phi) is 6.88. The van der Waals surface area contributed by atoms with E-state index in [2.05, 4.69) is 10.2 Å². The third kappa shape index (κ3) is 5.14. The van der Waals surface area contributed by atoms with Gasteiger partial charge in [-0.15, -0.1) is 0 Å². The molecule has 2 heterocycles. The topological polar surface area (TPSA) is 73.0 Å². The highest BCUT2D eigenvalue weighted by molar-refractivity contribution is 6.30. The molecule has 0 aliphatic carbocycles. The van der Waals surface area contributed by atoms with Crippen LogP contribution < -0.4 is 15.1 Å². The first kappa shape index (κ1) is 23.1. The van der Waals surface area contributed by atoms with Gasteiger partial charge in [0.1, 0.15) is 5.92 Å². The summed E-state index contributed by atoms with van der Waals surface area (Å²) < 4.78 is 0. The molecule has 2 fully saturated rings. The van der Waals surface area contributed by atoms with Crippen molar-refractivity contribution in [2.24, 2.45) is 5.92 Å². The average Bonchev–Trinajstić information content (AvgIpc) is 3.21. The Balaban J connectivity index is 1.26. The molecule has 0 radical (unpaired) electrons. The van der Waals surface area contributed by atoms with Crippen molar-refractivity contribution in [3.05, 3.63) is 58.6 Å². The highest BCUT2D eigenvalue weighted by atomic mass is 35.5. The van der Waals surface area contributed by atoms with E-state index in [-0.39, 0.29) is 24.3 Å². The van der Waals surface area contributed by atoms with E-state index in [1.807, 2.05) is 56.3 Å². The first-order chi connectivity index (χ1) is 15.8. The van der Waals surface area contributed by atoms with Crippen LogP contribution >= 0.6 is 11.6 Å². The van der Waals surface area contributed by atoms with E-state index >= 15 is 0 Å². The molecule has 0 aromatic heterocycles. The molecule has 0 saturated carbocycles. The molecule has 8 heteroatoms. The fraction of sp³-hybridized carbons (Fsp3) is 0.400. The van der Waals surface area contributed by atoms with Gasteiger partial charge in [0.15, 0.2) is 0 Å². The van der Waals surface area contributed by atoms with Gasteiger partial charge in [0, 0.05) is 49.1 Å². The summed E-state index contributed by atoms with van der Waals surface area (Å²) in [4.78, 5) is 43.7. The van der Waals surface area contributed by atoms with Gasteiger partial charge in [-0.3, -0.25) is 14.4 Å². The minimum Gasteiger partial charge on any atom is -0.368 e. The lowest BCUT2D eigenvalue weighted by Gasteiger charge is -2.36. The fourth-order valence-corrected chi connectivity index (χ4v) is 4.46. The highest BCUT2D eigenvalue weighted by Crippen LogP contribution is 2.27. The second kappa shape index (κ2) is 9.83. The van der Waals surface area contributed by atoms with Gasteiger partial charge in [0.2, 0.25) is 17.7 Å². The number of amides is 3. The summed E-state index contributed by atoms with van der Waals surface area (Å²) in [5.41, 5.74) is 4.16. The van der Waals surface area contributed by atoms with Crippen molar-refractivity contribution in [2.45, 2.75) is 20.3 Å². The van der Waals surface area contributed by atoms with E-state index in [1.165, 1.54) is 0 Å². The predicted octanol–water partition coefficient (Wildman–Crippen LogP) is 2.77. The van der Waals surface area contributed by atoms with Crippen LogP contribution in [0.1, 0.15) is 17.5 Å². The molecule has 2 aromatic carbocycles. The number of halogens is 1. The zero-order chi connectivity index (χ0) is 23.5. The van der Waals surface area contributed by atoms with E-state index in [1.54, 1.807) is 9.80 Å². The maximum Gasteiger partial charge on any atom is 0.242 e. The van der Waals surface area contributed by atoms with Gasteiger partial charge in [-0.05, 0) is 67.8 Å². The SMILES string of the molecule is Cc1ccc(N2CCC(C(=O)NCC(=O)N3CCN(c4ccc(Cl)cc4)CC3)C2=O)cc1C. The molecular weight excluding hydrogens is 440 g/mol. The Labute approximate surface area is 199 Å². The Bertz CT molecular complexity index is 1050. The van der Waals surface area contributed by atoms with Gasteiger partial charge in [-0.1, -0.05) is 17.7 Å². The van der Waals surface area contributed by atoms with E-state index in [4.69, 9.17) is 11.6 Å². The standard InChI is InChI=1S/C25H29ClN4O3/c1-17-3-6-21(15-18(17)2)30-10-9-22(25(30)33)24(32)27-16-23(31)29-13-11-28(12-14-29)20-7-4-19(26)5-8-20/h3-8,15,22H,9-14,16H2,1-2H3,(H,27,32). The summed E-state index contributed by atoms with van der Waals surface area (Å²) in [6, 6.07) is 13.5. The van der Waals surface area contributed by atoms with Gasteiger partial charge in [-0.25, -0.2) is 0 Å². The molecule has 3 amide bonds. The number of anilines is 2. The number of carbonyl (C=O) groups excluding carboxylic acids is 3. The quantitative estimate of drug-likeness (QED) is 0.685. The molecule has 2 aromatic rings. The Morgan fingerprint density at radius 3 is 2.27 bits per heavy atom. The molecule has 1 N–H and O–H groups in total. The molecule has 2 saturated heterocycles. The predicted molar refractivity (Wildman–Crippen MR) is 130 cm³/mol. The Hall–Kier alpha value is -3.06. The van der Waals surface area contributed by atoms with Gasteiger partial charge in [-0.2, -0.15) is 0 Å². The lowest BCUT2D eigenvalue weighted by Crippen LogP contribution is -2.51. The van der Waals surface area contributed by atoms with E-state index in [0.717, 1.165) is 22.5 Å². The summed E-state index contributed by atoms with van der Waals surface area (Å²) in [6.45, 7) is 7.04. The number of carbonyl (C=O) groups is 3. The first-order valence-corrected chi connectivity index (χ1v) is 11.7. The minimum atomic E-state index is -0.749. The number of piperazine rings is 1. The number of nitrogens with one attached hydrogen (secondary N) is 1. The Morgan fingerprint density at radius 1 is 0.939 bits per heavy atom. The monoisotopic (exact) mass is 468 g/mol. The lowest BCUT2D eigenvalue weighted by atomic mass is 10.1. The maximum absolute atomic E-state index is 12.8. The van der Waals surface area contributed by atoms with Crippen molar-refractivity contribution >= 4 is 40.7 Å². The van der Waals surface area contributed by atoms with E-state index < -0.39 is 5.92 Å². The summed E-state index contributed by atoms with van der Waals surface area (Å²) in [7, 11) is 0. The smallest absolute Gasteiger partial charge is 0.242 e. The zero-order valence-corrected chi connectivity index (χ0v) is 19.8. The molecular formula is C25H29ClN4O3. The van der Waals surface area contributed by atoms with Crippen LogP contribution in [0.2, 0.25) is 5.02 Å². The van der Waals surface area contributed by atoms with Crippen LogP contribution in [-0.2, 0) is 14.4 Å². The summed E-state index contributed by atoms with van der Waals surface area (Å²) in [5.74, 6) is -1.46. The second-order valence-corrected chi connectivity index (χ2v) is 9.10. The normalized spacial score (nSPS) is 18.6. The average molecular weight is 469 g/mol. The lowest BCUT2D eigenvalue weighted by molar-refractivity contribution is -0.136. The number of aryl methyl sites for hydroxylation is 2. The minimum absolute atomic E-state index is 0.0901. The van der Waals surface area contributed by atoms with Crippen LogP contribution in [0.15, 0.2) is 42.5 Å². The molecule has 4 rings (SSSR count). The summed E-state index contributed by atoms with van der Waals surface area (Å²) >= 11 is 5.95. The van der Waals surface area contributed by atoms with Gasteiger partial charge >= 0.3 is 0 Å². The summed E-state index contributed by atoms with van der Waals surface area (Å²) in [6.07, 6.45) is 0.450. The molecule has 1 atom stereocenters. The molecule has 2 aliphatic rings. The van der Waals surface area contributed by atoms with Crippen molar-refractivity contribution in [3.63, 3.8) is 0 Å². The molecule has 33 heavy (non-hydrogen) atoms. The van der Waals surface area contributed by atoms with Crippen LogP contribution in [0.3, 0.4) is 0 Å². The fourth-order valence-electron chi connectivity index (χ4n) is 4.34. The van der Waals surface area contributed by atoms with Gasteiger partial charge in [0.05, 0.1) is 6.54 Å². The van der Waals surface area contributed by atoms with Crippen molar-refractivity contribution in [3.8, 4) is 0 Å². The summed E-state index contributed by atoms with van der Waals surface area (Å²) in [5, 5.41) is 3.38. The van der Waals surface area contributed by atoms with Crippen molar-refractivity contribution in [1.82, 2.24) is 10.2 Å². The van der Waals surface area contributed by atoms with E-state index in [9.17, 15) is 14.4 Å². The molecule has 0 bridgehead atoms. The van der Waals surface area contributed by atoms with Crippen molar-refractivity contribution < 1.29 is 14.4 Å². The molecule has 174 valence electrons. The molecule has 1 unspecified atom stereocenters. The van der Waals surface area contributed by atoms with Crippen LogP contribution in [-0.4, -0.2) is 61.9 Å². The highest BCUT2D eigenvalue weighted by Gasteiger charge is 2.38. The van der Waals surface area contributed by atoms with Crippen LogP contribution in [0.5, 0.6) is 0 Å². The molecule has 0 spiro atoms. The second-order valence-electron chi connectivity index (χ2n) is 8.66. The third-order valence-electron chi connectivity index (χ3n) is 6.56. The maximum atomic E-state index is 12.8. The number of hydrogen-bond acceptors (Lipinski definition) is 4. The van der Waals surface area contributed by atoms with Gasteiger partial charge < -0.3 is 20.0 Å². The largest absolute Gasteiger partial charge is 0.368 e. The number of hydrogen-bond donors (Lipinski definition) is 1. The molecule has 7 nitrogen and oxygen atoms in total. The number of nitrogens with zero attached hydrogens (tertiary/aromatic N) is 3. The van der Waals surface area contributed by atoms with Crippen LogP contribution in [0.25, 0.3) is 0 Å². The molecule has 2 aliphatic heterocycles. The van der Waals surface area contributed by atoms with Crippen molar-refractivity contribution in [1.29, 1.82) is 0 Å².